The van der Waals surface area contributed by atoms with Crippen molar-refractivity contribution in [2.45, 2.75) is 116 Å². The number of nitrogen functional groups attached to an aromatic ring is 1. The van der Waals surface area contributed by atoms with Gasteiger partial charge in [-0.25, -0.2) is 14.4 Å². The number of ether oxygens (including phenoxy) is 4. The molecule has 4 aliphatic rings. The van der Waals surface area contributed by atoms with Crippen LogP contribution in [0.15, 0.2) is 101 Å². The lowest BCUT2D eigenvalue weighted by molar-refractivity contribution is -0.184. The summed E-state index contributed by atoms with van der Waals surface area (Å²) < 4.78 is 25.3. The van der Waals surface area contributed by atoms with Gasteiger partial charge < -0.3 is 45.1 Å². The molecule has 7 rings (SSSR count). The van der Waals surface area contributed by atoms with Crippen LogP contribution in [0.4, 0.5) is 5.69 Å². The minimum Gasteiger partial charge on any atom is -0.507 e. The molecule has 1 saturated heterocycles. The predicted octanol–water partition coefficient (Wildman–Crippen LogP) is 9.71. The molecule has 3 aromatic carbocycles. The van der Waals surface area contributed by atoms with Gasteiger partial charge in [-0.15, -0.1) is 0 Å². The van der Waals surface area contributed by atoms with Gasteiger partial charge in [0.25, 0.3) is 0 Å². The number of ketones is 1. The summed E-state index contributed by atoms with van der Waals surface area (Å²) in [5.41, 5.74) is 3.27. The van der Waals surface area contributed by atoms with Crippen molar-refractivity contribution < 1.29 is 58.6 Å². The number of fused-ring (bicyclic) bond motifs is 2. The van der Waals surface area contributed by atoms with Crippen LogP contribution in [-0.4, -0.2) is 66.5 Å². The van der Waals surface area contributed by atoms with Crippen LogP contribution in [0.3, 0.4) is 0 Å². The molecule has 338 valence electrons. The molecule has 6 N–H and O–H groups in total. The Balaban J connectivity index is 0.000000333. The Kier molecular flexibility index (Phi) is 13.1. The number of hydrogen-bond donors (Lipinski definition) is 5. The first kappa shape index (κ1) is 46.9. The zero-order chi connectivity index (χ0) is 46.9. The quantitative estimate of drug-likeness (QED) is 0.0400. The molecule has 1 fully saturated rings. The van der Waals surface area contributed by atoms with Gasteiger partial charge in [0.2, 0.25) is 5.60 Å². The number of phenols is 2. The number of allylic oxidation sites excluding steroid dienone is 5. The first-order valence-electron chi connectivity index (χ1n) is 21.3. The summed E-state index contributed by atoms with van der Waals surface area (Å²) in [5.74, 6) is -3.91. The van der Waals surface area contributed by atoms with E-state index in [9.17, 15) is 39.6 Å². The minimum atomic E-state index is -2.16. The van der Waals surface area contributed by atoms with E-state index in [0.717, 1.165) is 12.0 Å². The topological polar surface area (TPSA) is 212 Å². The van der Waals surface area contributed by atoms with E-state index in [-0.39, 0.29) is 45.9 Å². The molecule has 3 heterocycles. The molecule has 4 atom stereocenters. The summed E-state index contributed by atoms with van der Waals surface area (Å²) in [7, 11) is 0. The number of para-hydroxylation sites is 1. The lowest BCUT2D eigenvalue weighted by Gasteiger charge is -2.50. The number of anilines is 1. The van der Waals surface area contributed by atoms with Crippen molar-refractivity contribution in [1.82, 2.24) is 0 Å². The number of carbonyl (C=O) groups is 4. The normalized spacial score (nSPS) is 23.5. The van der Waals surface area contributed by atoms with Crippen molar-refractivity contribution in [2.75, 3.05) is 5.73 Å². The van der Waals surface area contributed by atoms with Crippen LogP contribution in [0, 0.1) is 5.92 Å². The van der Waals surface area contributed by atoms with Crippen molar-refractivity contribution in [3.8, 4) is 28.7 Å². The van der Waals surface area contributed by atoms with Crippen LogP contribution in [0.1, 0.15) is 119 Å². The number of esters is 1. The van der Waals surface area contributed by atoms with Crippen molar-refractivity contribution in [1.29, 1.82) is 0 Å². The van der Waals surface area contributed by atoms with Gasteiger partial charge in [0.05, 0.1) is 11.2 Å². The first-order valence-corrected chi connectivity index (χ1v) is 21.3. The van der Waals surface area contributed by atoms with Crippen LogP contribution in [0.2, 0.25) is 0 Å². The summed E-state index contributed by atoms with van der Waals surface area (Å²) >= 11 is 0. The maximum atomic E-state index is 14.7. The second kappa shape index (κ2) is 17.9. The van der Waals surface area contributed by atoms with Gasteiger partial charge in [0.15, 0.2) is 11.4 Å². The molecule has 13 heteroatoms. The summed E-state index contributed by atoms with van der Waals surface area (Å²) in [6.45, 7) is 14.9. The number of Topliss-reactive ketones (excluding diaryl/α,β-unsaturated/α-hetero) is 1. The summed E-state index contributed by atoms with van der Waals surface area (Å²) in [5, 5.41) is 42.0. The highest BCUT2D eigenvalue weighted by Gasteiger charge is 2.77. The fourth-order valence-electron chi connectivity index (χ4n) is 9.03. The van der Waals surface area contributed by atoms with Gasteiger partial charge in [-0.05, 0) is 124 Å². The molecule has 3 aliphatic heterocycles. The number of aliphatic carboxylic acids is 2. The van der Waals surface area contributed by atoms with E-state index in [1.165, 1.54) is 36.8 Å². The van der Waals surface area contributed by atoms with Crippen LogP contribution in [-0.2, 0) is 20.7 Å². The number of benzene rings is 3. The summed E-state index contributed by atoms with van der Waals surface area (Å²) in [6.07, 6.45) is 13.1. The van der Waals surface area contributed by atoms with E-state index in [4.69, 9.17) is 24.7 Å². The third-order valence-electron chi connectivity index (χ3n) is 12.2. The molecule has 0 amide bonds. The predicted molar refractivity (Wildman–Crippen MR) is 242 cm³/mol. The number of nitrogens with two attached hydrogens (primary N) is 1. The number of hydrogen-bond acceptors (Lipinski definition) is 11. The molecule has 0 aromatic heterocycles. The fraction of sp³-hybridized carbons (Fsp3) is 0.373. The monoisotopic (exact) mass is 875 g/mol. The fourth-order valence-corrected chi connectivity index (χ4v) is 9.03. The van der Waals surface area contributed by atoms with E-state index in [1.807, 2.05) is 52.8 Å². The molecule has 3 aromatic rings. The lowest BCUT2D eigenvalue weighted by Crippen LogP contribution is -2.66. The highest BCUT2D eigenvalue weighted by molar-refractivity contribution is 6.17. The zero-order valence-corrected chi connectivity index (χ0v) is 37.5. The second-order valence-corrected chi connectivity index (χ2v) is 18.0. The number of phenolic OH excluding ortho intramolecular Hbond substituents is 2. The Labute approximate surface area is 373 Å². The number of carboxylic acid groups (broad SMARTS) is 2. The number of rotatable bonds is 11. The molecule has 1 spiro atoms. The van der Waals surface area contributed by atoms with E-state index < -0.39 is 52.0 Å². The summed E-state index contributed by atoms with van der Waals surface area (Å²) in [6, 6.07) is 12.9. The van der Waals surface area contributed by atoms with Gasteiger partial charge in [-0.2, -0.15) is 0 Å². The highest BCUT2D eigenvalue weighted by Crippen LogP contribution is 2.64. The van der Waals surface area contributed by atoms with Gasteiger partial charge in [-0.3, -0.25) is 4.79 Å². The third-order valence-corrected chi connectivity index (χ3v) is 12.2. The Morgan fingerprint density at radius 2 is 1.59 bits per heavy atom. The SMILES string of the molecule is CC(C)=CCCC1(C)C=Cc2c(O)c3c(c(CC=C(C)C)c2O1)OC12C(=CCCC1C(C)(C)OC2(CC=C(C)C(=O)O)C(=O)O)C3=O.Nc1ccc(C(=O)Oc2ccccc2)c(O)c1. The smallest absolute Gasteiger partial charge is 0.347 e. The zero-order valence-electron chi connectivity index (χ0n) is 37.5. The third kappa shape index (κ3) is 8.68. The molecule has 0 radical (unpaired) electrons. The summed E-state index contributed by atoms with van der Waals surface area (Å²) in [4.78, 5) is 51.8. The van der Waals surface area contributed by atoms with Crippen molar-refractivity contribution >= 4 is 35.5 Å². The van der Waals surface area contributed by atoms with Crippen molar-refractivity contribution in [2.24, 2.45) is 5.92 Å². The van der Waals surface area contributed by atoms with Gasteiger partial charge >= 0.3 is 17.9 Å². The number of carboxylic acids is 2. The Hall–Kier alpha value is -6.60. The molecule has 4 unspecified atom stereocenters. The van der Waals surface area contributed by atoms with Crippen molar-refractivity contribution in [3.63, 3.8) is 0 Å². The highest BCUT2D eigenvalue weighted by atomic mass is 16.6. The van der Waals surface area contributed by atoms with E-state index in [1.54, 1.807) is 50.3 Å². The maximum Gasteiger partial charge on any atom is 0.347 e. The second-order valence-electron chi connectivity index (χ2n) is 18.0. The maximum absolute atomic E-state index is 14.7. The minimum absolute atomic E-state index is 0.0407. The van der Waals surface area contributed by atoms with E-state index in [0.29, 0.717) is 54.0 Å². The molecule has 0 bridgehead atoms. The lowest BCUT2D eigenvalue weighted by atomic mass is 9.60. The van der Waals surface area contributed by atoms with Gasteiger partial charge in [0.1, 0.15) is 45.5 Å². The number of carbonyl (C=O) groups excluding carboxylic acids is 2. The number of aromatic hydroxyl groups is 2. The molecular formula is C51H57NO12. The average Bonchev–Trinajstić information content (AvgIpc) is 3.42. The van der Waals surface area contributed by atoms with Crippen LogP contribution in [0.25, 0.3) is 6.08 Å². The molecule has 0 saturated carbocycles. The Morgan fingerprint density at radius 1 is 0.906 bits per heavy atom. The van der Waals surface area contributed by atoms with E-state index >= 15 is 0 Å². The first-order chi connectivity index (χ1) is 30.1. The molecule has 1 aliphatic carbocycles. The Bertz CT molecular complexity index is 2540. The van der Waals surface area contributed by atoms with Crippen LogP contribution in [0.5, 0.6) is 28.7 Å². The van der Waals surface area contributed by atoms with E-state index in [2.05, 4.69) is 6.08 Å². The van der Waals surface area contributed by atoms with Crippen molar-refractivity contribution in [3.05, 3.63) is 123 Å². The molecular weight excluding hydrogens is 819 g/mol. The molecule has 64 heavy (non-hydrogen) atoms. The molecule has 13 nitrogen and oxygen atoms in total. The standard InChI is InChI=1S/C38H46O9.C13H11NO3/c1-21(2)11-10-18-36(8)19-17-24-29(39)28-30(40)26-12-9-13-27-35(6,7)47-37(34(43)44,20-16-23(5)33(41)42)38(26,27)46-32(28)25(31(24)45-36)15-14-22(3)4;14-9-6-7-11(12(15)8-9)13(16)17-10-4-2-1-3-5-10/h11-12,14,16-17,19,27,39H,9-10,13,15,18,20H2,1-8H3,(H,41,42)(H,43,44);1-8,15H,14H2. The van der Waals surface area contributed by atoms with Gasteiger partial charge in [-0.1, -0.05) is 53.6 Å². The van der Waals surface area contributed by atoms with Crippen LogP contribution < -0.4 is 19.9 Å². The van der Waals surface area contributed by atoms with Crippen LogP contribution >= 0.6 is 0 Å². The average molecular weight is 876 g/mol. The largest absolute Gasteiger partial charge is 0.507 e. The Morgan fingerprint density at radius 3 is 2.22 bits per heavy atom. The van der Waals surface area contributed by atoms with Gasteiger partial charge in [0, 0.05) is 40.8 Å².